The number of rotatable bonds is 4. The highest BCUT2D eigenvalue weighted by molar-refractivity contribution is 5.49. The van der Waals surface area contributed by atoms with Gasteiger partial charge in [0.15, 0.2) is 0 Å². The van der Waals surface area contributed by atoms with Crippen molar-refractivity contribution in [2.24, 2.45) is 5.41 Å². The number of nitrogens with zero attached hydrogens (tertiary/aromatic N) is 1. The number of ether oxygens (including phenoxy) is 1. The van der Waals surface area contributed by atoms with Gasteiger partial charge in [0.05, 0.1) is 6.61 Å². The van der Waals surface area contributed by atoms with Gasteiger partial charge >= 0.3 is 0 Å². The zero-order chi connectivity index (χ0) is 14.6. The van der Waals surface area contributed by atoms with E-state index in [9.17, 15) is 0 Å². The fourth-order valence-electron chi connectivity index (χ4n) is 2.54. The van der Waals surface area contributed by atoms with Gasteiger partial charge in [-0.25, -0.2) is 0 Å². The topological polar surface area (TPSA) is 24.5 Å². The number of hydrogen-bond acceptors (Lipinski definition) is 3. The van der Waals surface area contributed by atoms with Gasteiger partial charge in [0, 0.05) is 31.4 Å². The van der Waals surface area contributed by atoms with Crippen molar-refractivity contribution >= 4 is 5.69 Å². The van der Waals surface area contributed by atoms with Crippen molar-refractivity contribution in [3.05, 3.63) is 24.3 Å². The smallest absolute Gasteiger partial charge is 0.119 e. The fraction of sp³-hybridized carbons (Fsp3) is 0.647. The van der Waals surface area contributed by atoms with Crippen LogP contribution in [-0.2, 0) is 0 Å². The average Bonchev–Trinajstić information content (AvgIpc) is 2.45. The SMILES string of the molecule is CCCOc1ccc(N2CCNC(C(C)(C)C)C2)cc1. The molecule has 1 heterocycles. The molecule has 112 valence electrons. The standard InChI is InChI=1S/C17H28N2O/c1-5-12-20-15-8-6-14(7-9-15)19-11-10-18-16(13-19)17(2,3)4/h6-9,16,18H,5,10-13H2,1-4H3. The Hall–Kier alpha value is -1.22. The molecule has 0 bridgehead atoms. The molecule has 0 aromatic heterocycles. The molecule has 1 N–H and O–H groups in total. The molecule has 1 atom stereocenters. The molecule has 1 saturated heterocycles. The van der Waals surface area contributed by atoms with Crippen molar-refractivity contribution in [2.45, 2.75) is 40.2 Å². The van der Waals surface area contributed by atoms with E-state index in [1.54, 1.807) is 0 Å². The monoisotopic (exact) mass is 276 g/mol. The lowest BCUT2D eigenvalue weighted by atomic mass is 9.85. The first-order valence-electron chi connectivity index (χ1n) is 7.72. The van der Waals surface area contributed by atoms with Crippen LogP contribution in [0.25, 0.3) is 0 Å². The maximum absolute atomic E-state index is 5.64. The van der Waals surface area contributed by atoms with Crippen LogP contribution in [0.15, 0.2) is 24.3 Å². The van der Waals surface area contributed by atoms with Crippen LogP contribution < -0.4 is 15.0 Å². The third kappa shape index (κ3) is 3.89. The Labute approximate surface area is 123 Å². The molecule has 1 aromatic rings. The molecular formula is C17H28N2O. The normalized spacial score (nSPS) is 20.0. The highest BCUT2D eigenvalue weighted by Gasteiger charge is 2.29. The van der Waals surface area contributed by atoms with Crippen LogP contribution in [0, 0.1) is 5.41 Å². The summed E-state index contributed by atoms with van der Waals surface area (Å²) in [6, 6.07) is 9.05. The van der Waals surface area contributed by atoms with Crippen molar-refractivity contribution in [1.29, 1.82) is 0 Å². The second-order valence-corrected chi connectivity index (χ2v) is 6.66. The van der Waals surface area contributed by atoms with Crippen molar-refractivity contribution in [1.82, 2.24) is 5.32 Å². The maximum atomic E-state index is 5.64. The van der Waals surface area contributed by atoms with E-state index in [0.29, 0.717) is 11.5 Å². The first-order chi connectivity index (χ1) is 9.50. The summed E-state index contributed by atoms with van der Waals surface area (Å²) in [6.45, 7) is 13.0. The van der Waals surface area contributed by atoms with E-state index >= 15 is 0 Å². The Bertz CT molecular complexity index is 408. The summed E-state index contributed by atoms with van der Waals surface area (Å²) in [5, 5.41) is 3.63. The molecule has 20 heavy (non-hydrogen) atoms. The fourth-order valence-corrected chi connectivity index (χ4v) is 2.54. The van der Waals surface area contributed by atoms with Gasteiger partial charge in [0.1, 0.15) is 5.75 Å². The highest BCUT2D eigenvalue weighted by atomic mass is 16.5. The summed E-state index contributed by atoms with van der Waals surface area (Å²) in [5.41, 5.74) is 1.59. The predicted octanol–water partition coefficient (Wildman–Crippen LogP) is 3.30. The van der Waals surface area contributed by atoms with Gasteiger partial charge in [-0.1, -0.05) is 27.7 Å². The summed E-state index contributed by atoms with van der Waals surface area (Å²) in [7, 11) is 0. The average molecular weight is 276 g/mol. The largest absolute Gasteiger partial charge is 0.494 e. The zero-order valence-corrected chi connectivity index (χ0v) is 13.3. The van der Waals surface area contributed by atoms with Crippen LogP contribution in [-0.4, -0.2) is 32.3 Å². The minimum Gasteiger partial charge on any atom is -0.494 e. The third-order valence-electron chi connectivity index (χ3n) is 3.90. The lowest BCUT2D eigenvalue weighted by molar-refractivity contribution is 0.254. The van der Waals surface area contributed by atoms with Gasteiger partial charge in [-0.15, -0.1) is 0 Å². The molecule has 1 fully saturated rings. The van der Waals surface area contributed by atoms with Crippen LogP contribution in [0.2, 0.25) is 0 Å². The van der Waals surface area contributed by atoms with Gasteiger partial charge in [-0.3, -0.25) is 0 Å². The lowest BCUT2D eigenvalue weighted by Crippen LogP contribution is -2.56. The van der Waals surface area contributed by atoms with Gasteiger partial charge in [0.25, 0.3) is 0 Å². The molecule has 0 spiro atoms. The minimum atomic E-state index is 0.294. The number of hydrogen-bond donors (Lipinski definition) is 1. The van der Waals surface area contributed by atoms with E-state index < -0.39 is 0 Å². The molecule has 3 nitrogen and oxygen atoms in total. The molecule has 0 saturated carbocycles. The zero-order valence-electron chi connectivity index (χ0n) is 13.3. The van der Waals surface area contributed by atoms with E-state index in [4.69, 9.17) is 4.74 Å². The lowest BCUT2D eigenvalue weighted by Gasteiger charge is -2.41. The van der Waals surface area contributed by atoms with E-state index in [1.807, 2.05) is 0 Å². The Morgan fingerprint density at radius 1 is 1.25 bits per heavy atom. The molecule has 0 aliphatic carbocycles. The summed E-state index contributed by atoms with van der Waals surface area (Å²) in [5.74, 6) is 0.970. The molecule has 1 aromatic carbocycles. The van der Waals surface area contributed by atoms with Crippen molar-refractivity contribution in [2.75, 3.05) is 31.1 Å². The number of piperazine rings is 1. The van der Waals surface area contributed by atoms with Crippen molar-refractivity contribution in [3.63, 3.8) is 0 Å². The van der Waals surface area contributed by atoms with Crippen LogP contribution >= 0.6 is 0 Å². The second kappa shape index (κ2) is 6.49. The first-order valence-corrected chi connectivity index (χ1v) is 7.72. The molecular weight excluding hydrogens is 248 g/mol. The van der Waals surface area contributed by atoms with Crippen LogP contribution in [0.1, 0.15) is 34.1 Å². The quantitative estimate of drug-likeness (QED) is 0.913. The van der Waals surface area contributed by atoms with Crippen LogP contribution in [0.4, 0.5) is 5.69 Å². The summed E-state index contributed by atoms with van der Waals surface area (Å²) < 4.78 is 5.64. The summed E-state index contributed by atoms with van der Waals surface area (Å²) in [6.07, 6.45) is 1.05. The van der Waals surface area contributed by atoms with E-state index in [-0.39, 0.29) is 0 Å². The summed E-state index contributed by atoms with van der Waals surface area (Å²) >= 11 is 0. The van der Waals surface area contributed by atoms with E-state index in [2.05, 4.69) is 62.2 Å². The molecule has 3 heteroatoms. The second-order valence-electron chi connectivity index (χ2n) is 6.66. The maximum Gasteiger partial charge on any atom is 0.119 e. The Balaban J connectivity index is 2.00. The van der Waals surface area contributed by atoms with Gasteiger partial charge in [0.2, 0.25) is 0 Å². The molecule has 1 aliphatic heterocycles. The Kier molecular flexibility index (Phi) is 4.92. The minimum absolute atomic E-state index is 0.294. The number of benzene rings is 1. The molecule has 0 amide bonds. The van der Waals surface area contributed by atoms with E-state index in [0.717, 1.165) is 38.4 Å². The molecule has 1 aliphatic rings. The number of anilines is 1. The highest BCUT2D eigenvalue weighted by Crippen LogP contribution is 2.26. The van der Waals surface area contributed by atoms with Crippen LogP contribution in [0.5, 0.6) is 5.75 Å². The summed E-state index contributed by atoms with van der Waals surface area (Å²) in [4.78, 5) is 2.47. The molecule has 1 unspecified atom stereocenters. The van der Waals surface area contributed by atoms with Crippen molar-refractivity contribution < 1.29 is 4.74 Å². The van der Waals surface area contributed by atoms with E-state index in [1.165, 1.54) is 5.69 Å². The van der Waals surface area contributed by atoms with Gasteiger partial charge < -0.3 is 15.0 Å². The predicted molar refractivity (Wildman–Crippen MR) is 85.7 cm³/mol. The first kappa shape index (κ1) is 15.2. The van der Waals surface area contributed by atoms with Gasteiger partial charge in [-0.2, -0.15) is 0 Å². The Morgan fingerprint density at radius 3 is 2.55 bits per heavy atom. The van der Waals surface area contributed by atoms with Gasteiger partial charge in [-0.05, 0) is 36.1 Å². The van der Waals surface area contributed by atoms with Crippen molar-refractivity contribution in [3.8, 4) is 5.75 Å². The van der Waals surface area contributed by atoms with Crippen LogP contribution in [0.3, 0.4) is 0 Å². The Morgan fingerprint density at radius 2 is 1.95 bits per heavy atom. The number of nitrogens with one attached hydrogen (secondary N) is 1. The molecule has 2 rings (SSSR count). The molecule has 0 radical (unpaired) electrons. The third-order valence-corrected chi connectivity index (χ3v) is 3.90.